The molecule has 0 amide bonds. The van der Waals surface area contributed by atoms with Crippen molar-refractivity contribution >= 4 is 39.2 Å². The SMILES string of the molecule is Cc1cc(C(=O)O)ccc1NCc1ccc(OCc2ccc(Cl)cc2)c(Br)c1. The van der Waals surface area contributed by atoms with Crippen LogP contribution in [0, 0.1) is 6.92 Å². The highest BCUT2D eigenvalue weighted by molar-refractivity contribution is 9.10. The number of carbonyl (C=O) groups is 1. The first-order valence-corrected chi connectivity index (χ1v) is 9.83. The lowest BCUT2D eigenvalue weighted by molar-refractivity contribution is 0.0697. The second-order valence-electron chi connectivity index (χ2n) is 6.37. The summed E-state index contributed by atoms with van der Waals surface area (Å²) in [5, 5.41) is 13.1. The second kappa shape index (κ2) is 9.13. The Labute approximate surface area is 177 Å². The summed E-state index contributed by atoms with van der Waals surface area (Å²) in [6, 6.07) is 18.5. The zero-order chi connectivity index (χ0) is 20.1. The molecular weight excluding hydrogens is 442 g/mol. The molecule has 0 heterocycles. The van der Waals surface area contributed by atoms with Gasteiger partial charge in [-0.15, -0.1) is 0 Å². The van der Waals surface area contributed by atoms with Gasteiger partial charge >= 0.3 is 5.97 Å². The number of hydrogen-bond acceptors (Lipinski definition) is 3. The predicted octanol–water partition coefficient (Wildman–Crippen LogP) is 6.30. The maximum absolute atomic E-state index is 11.0. The molecule has 3 rings (SSSR count). The molecule has 2 N–H and O–H groups in total. The van der Waals surface area contributed by atoms with Gasteiger partial charge in [-0.05, 0) is 82.0 Å². The van der Waals surface area contributed by atoms with Gasteiger partial charge in [0, 0.05) is 17.3 Å². The van der Waals surface area contributed by atoms with Crippen LogP contribution in [0.25, 0.3) is 0 Å². The summed E-state index contributed by atoms with van der Waals surface area (Å²) in [5.74, 6) is -0.159. The Morgan fingerprint density at radius 3 is 2.43 bits per heavy atom. The van der Waals surface area contributed by atoms with Crippen LogP contribution in [0.5, 0.6) is 5.75 Å². The molecule has 0 aromatic heterocycles. The predicted molar refractivity (Wildman–Crippen MR) is 115 cm³/mol. The fourth-order valence-electron chi connectivity index (χ4n) is 2.71. The molecule has 3 aromatic rings. The number of benzene rings is 3. The molecule has 0 atom stereocenters. The third kappa shape index (κ3) is 5.27. The average Bonchev–Trinajstić information content (AvgIpc) is 2.67. The van der Waals surface area contributed by atoms with Crippen molar-refractivity contribution in [1.82, 2.24) is 0 Å². The van der Waals surface area contributed by atoms with Crippen molar-refractivity contribution in [2.24, 2.45) is 0 Å². The van der Waals surface area contributed by atoms with Gasteiger partial charge in [0.05, 0.1) is 10.0 Å². The smallest absolute Gasteiger partial charge is 0.335 e. The van der Waals surface area contributed by atoms with Crippen molar-refractivity contribution < 1.29 is 14.6 Å². The summed E-state index contributed by atoms with van der Waals surface area (Å²) < 4.78 is 6.74. The number of halogens is 2. The molecule has 6 heteroatoms. The van der Waals surface area contributed by atoms with Crippen LogP contribution in [-0.2, 0) is 13.2 Å². The molecule has 0 saturated carbocycles. The molecule has 0 aliphatic rings. The number of aryl methyl sites for hydroxylation is 1. The number of carboxylic acid groups (broad SMARTS) is 1. The zero-order valence-electron chi connectivity index (χ0n) is 15.2. The molecular formula is C22H19BrClNO3. The van der Waals surface area contributed by atoms with Crippen molar-refractivity contribution in [2.75, 3.05) is 5.32 Å². The molecule has 0 aliphatic carbocycles. The molecule has 0 spiro atoms. The standard InChI is InChI=1S/C22H19BrClNO3/c1-14-10-17(22(26)27)5-8-20(14)25-12-16-4-9-21(19(23)11-16)28-13-15-2-6-18(24)7-3-15/h2-11,25H,12-13H2,1H3,(H,26,27). The van der Waals surface area contributed by atoms with E-state index in [1.54, 1.807) is 18.2 Å². The van der Waals surface area contributed by atoms with Crippen LogP contribution in [0.4, 0.5) is 5.69 Å². The molecule has 0 saturated heterocycles. The lowest BCUT2D eigenvalue weighted by atomic mass is 10.1. The maximum atomic E-state index is 11.0. The molecule has 0 radical (unpaired) electrons. The van der Waals surface area contributed by atoms with Gasteiger partial charge in [-0.25, -0.2) is 4.79 Å². The summed E-state index contributed by atoms with van der Waals surface area (Å²) in [6.07, 6.45) is 0. The quantitative estimate of drug-likeness (QED) is 0.434. The van der Waals surface area contributed by atoms with Gasteiger partial charge in [-0.2, -0.15) is 0 Å². The monoisotopic (exact) mass is 459 g/mol. The highest BCUT2D eigenvalue weighted by Crippen LogP contribution is 2.28. The van der Waals surface area contributed by atoms with E-state index < -0.39 is 5.97 Å². The highest BCUT2D eigenvalue weighted by atomic mass is 79.9. The van der Waals surface area contributed by atoms with Crippen LogP contribution >= 0.6 is 27.5 Å². The highest BCUT2D eigenvalue weighted by Gasteiger charge is 2.07. The molecule has 3 aromatic carbocycles. The molecule has 0 fully saturated rings. The Morgan fingerprint density at radius 2 is 1.79 bits per heavy atom. The topological polar surface area (TPSA) is 58.6 Å². The fourth-order valence-corrected chi connectivity index (χ4v) is 3.37. The Balaban J connectivity index is 1.61. The Hall–Kier alpha value is -2.50. The first-order valence-electron chi connectivity index (χ1n) is 8.66. The number of nitrogens with one attached hydrogen (secondary N) is 1. The van der Waals surface area contributed by atoms with Gasteiger partial charge < -0.3 is 15.2 Å². The number of ether oxygens (including phenoxy) is 1. The molecule has 4 nitrogen and oxygen atoms in total. The van der Waals surface area contributed by atoms with Gasteiger partial charge in [0.1, 0.15) is 12.4 Å². The van der Waals surface area contributed by atoms with Gasteiger partial charge in [0.15, 0.2) is 0 Å². The summed E-state index contributed by atoms with van der Waals surface area (Å²) in [6.45, 7) is 2.96. The van der Waals surface area contributed by atoms with E-state index in [-0.39, 0.29) is 5.56 Å². The van der Waals surface area contributed by atoms with Gasteiger partial charge in [0.25, 0.3) is 0 Å². The molecule has 0 unspecified atom stereocenters. The fraction of sp³-hybridized carbons (Fsp3) is 0.136. The first kappa shape index (κ1) is 20.2. The summed E-state index contributed by atoms with van der Waals surface area (Å²) in [7, 11) is 0. The number of carboxylic acids is 1. The van der Waals surface area contributed by atoms with E-state index in [4.69, 9.17) is 21.4 Å². The van der Waals surface area contributed by atoms with Crippen molar-refractivity contribution in [3.8, 4) is 5.75 Å². The lowest BCUT2D eigenvalue weighted by Crippen LogP contribution is -2.03. The molecule has 0 bridgehead atoms. The van der Waals surface area contributed by atoms with Crippen molar-refractivity contribution in [1.29, 1.82) is 0 Å². The van der Waals surface area contributed by atoms with Crippen molar-refractivity contribution in [3.05, 3.63) is 92.4 Å². The minimum atomic E-state index is -0.923. The van der Waals surface area contributed by atoms with Crippen LogP contribution < -0.4 is 10.1 Å². The third-order valence-corrected chi connectivity index (χ3v) is 5.13. The van der Waals surface area contributed by atoms with E-state index in [2.05, 4.69) is 21.2 Å². The summed E-state index contributed by atoms with van der Waals surface area (Å²) in [5.41, 5.74) is 4.20. The lowest BCUT2D eigenvalue weighted by Gasteiger charge is -2.13. The minimum absolute atomic E-state index is 0.285. The van der Waals surface area contributed by atoms with Crippen LogP contribution in [-0.4, -0.2) is 11.1 Å². The third-order valence-electron chi connectivity index (χ3n) is 4.26. The van der Waals surface area contributed by atoms with Crippen molar-refractivity contribution in [2.45, 2.75) is 20.1 Å². The average molecular weight is 461 g/mol. The Morgan fingerprint density at radius 1 is 1.07 bits per heavy atom. The zero-order valence-corrected chi connectivity index (χ0v) is 17.5. The number of hydrogen-bond donors (Lipinski definition) is 2. The second-order valence-corrected chi connectivity index (χ2v) is 7.66. The van der Waals surface area contributed by atoms with E-state index in [0.29, 0.717) is 18.2 Å². The Kier molecular flexibility index (Phi) is 6.60. The molecule has 144 valence electrons. The first-order chi connectivity index (χ1) is 13.4. The van der Waals surface area contributed by atoms with Crippen LogP contribution in [0.3, 0.4) is 0 Å². The minimum Gasteiger partial charge on any atom is -0.488 e. The van der Waals surface area contributed by atoms with Crippen molar-refractivity contribution in [3.63, 3.8) is 0 Å². The van der Waals surface area contributed by atoms with Gasteiger partial charge in [-0.1, -0.05) is 29.8 Å². The van der Waals surface area contributed by atoms with Crippen LogP contribution in [0.15, 0.2) is 65.1 Å². The van der Waals surface area contributed by atoms with E-state index >= 15 is 0 Å². The Bertz CT molecular complexity index is 990. The summed E-state index contributed by atoms with van der Waals surface area (Å²) in [4.78, 5) is 11.0. The van der Waals surface area contributed by atoms with E-state index in [1.807, 2.05) is 49.4 Å². The van der Waals surface area contributed by atoms with Gasteiger partial charge in [-0.3, -0.25) is 0 Å². The van der Waals surface area contributed by atoms with Crippen LogP contribution in [0.1, 0.15) is 27.0 Å². The molecule has 28 heavy (non-hydrogen) atoms. The van der Waals surface area contributed by atoms with E-state index in [1.165, 1.54) is 0 Å². The van der Waals surface area contributed by atoms with Crippen LogP contribution in [0.2, 0.25) is 5.02 Å². The number of rotatable bonds is 7. The molecule has 0 aliphatic heterocycles. The maximum Gasteiger partial charge on any atom is 0.335 e. The number of aromatic carboxylic acids is 1. The van der Waals surface area contributed by atoms with E-state index in [9.17, 15) is 4.79 Å². The van der Waals surface area contributed by atoms with E-state index in [0.717, 1.165) is 32.6 Å². The largest absolute Gasteiger partial charge is 0.488 e. The summed E-state index contributed by atoms with van der Waals surface area (Å²) >= 11 is 9.46. The number of anilines is 1. The normalized spacial score (nSPS) is 10.5. The van der Waals surface area contributed by atoms with Gasteiger partial charge in [0.2, 0.25) is 0 Å².